The van der Waals surface area contributed by atoms with Crippen molar-refractivity contribution in [2.75, 3.05) is 19.8 Å². The van der Waals surface area contributed by atoms with E-state index in [2.05, 4.69) is 0 Å². The summed E-state index contributed by atoms with van der Waals surface area (Å²) in [7, 11) is 0. The molecule has 4 atom stereocenters. The fourth-order valence-electron chi connectivity index (χ4n) is 4.10. The van der Waals surface area contributed by atoms with Crippen LogP contribution in [-0.2, 0) is 34.9 Å². The Morgan fingerprint density at radius 3 is 2.10 bits per heavy atom. The van der Waals surface area contributed by atoms with Crippen LogP contribution in [0.5, 0.6) is 0 Å². The Morgan fingerprint density at radius 1 is 0.974 bits per heavy atom. The molecule has 9 nitrogen and oxygen atoms in total. The van der Waals surface area contributed by atoms with E-state index in [1.807, 2.05) is 49.4 Å². The monoisotopic (exact) mass is 547 g/mol. The minimum absolute atomic E-state index is 0.166. The maximum absolute atomic E-state index is 13.5. The van der Waals surface area contributed by atoms with Gasteiger partial charge in [-0.25, -0.2) is 14.4 Å². The van der Waals surface area contributed by atoms with E-state index < -0.39 is 47.6 Å². The molecule has 0 spiro atoms. The van der Waals surface area contributed by atoms with Crippen molar-refractivity contribution in [2.45, 2.75) is 97.7 Å². The fourth-order valence-corrected chi connectivity index (χ4v) is 4.10. The molecule has 1 fully saturated rings. The number of carbonyl (C=O) groups is 3. The van der Waals surface area contributed by atoms with Crippen LogP contribution in [0.25, 0.3) is 0 Å². The van der Waals surface area contributed by atoms with Crippen LogP contribution in [0.4, 0.5) is 9.59 Å². The molecule has 0 N–H and O–H groups in total. The molecule has 1 heterocycles. The molecule has 218 valence electrons. The van der Waals surface area contributed by atoms with Crippen molar-refractivity contribution in [3.8, 4) is 0 Å². The van der Waals surface area contributed by atoms with E-state index in [-0.39, 0.29) is 19.1 Å². The third-order valence-corrected chi connectivity index (χ3v) is 5.73. The third-order valence-electron chi connectivity index (χ3n) is 5.73. The molecule has 1 aromatic carbocycles. The SMILES string of the molecule is CC/C=C/CO[C@@H]1[C@@H](Cc2ccccc2)COC[C@H](N(C(=O)OC(C)(C)C)C(=O)OC(C)(C)C)C(=O)O[C@H]1C. The predicted molar refractivity (Wildman–Crippen MR) is 147 cm³/mol. The maximum Gasteiger partial charge on any atom is 0.420 e. The number of allylic oxidation sites excluding steroid dienone is 1. The lowest BCUT2D eigenvalue weighted by atomic mass is 9.91. The van der Waals surface area contributed by atoms with E-state index in [1.165, 1.54) is 0 Å². The lowest BCUT2D eigenvalue weighted by Gasteiger charge is -2.32. The van der Waals surface area contributed by atoms with E-state index in [4.69, 9.17) is 23.7 Å². The highest BCUT2D eigenvalue weighted by molar-refractivity contribution is 5.94. The number of amides is 2. The Labute approximate surface area is 232 Å². The van der Waals surface area contributed by atoms with Gasteiger partial charge in [0.1, 0.15) is 17.3 Å². The zero-order valence-electron chi connectivity index (χ0n) is 24.6. The van der Waals surface area contributed by atoms with Gasteiger partial charge in [0, 0.05) is 5.92 Å². The number of nitrogens with zero attached hydrogens (tertiary/aromatic N) is 1. The van der Waals surface area contributed by atoms with Gasteiger partial charge in [0.05, 0.1) is 25.9 Å². The molecule has 9 heteroatoms. The maximum atomic E-state index is 13.5. The van der Waals surface area contributed by atoms with Crippen LogP contribution in [0.1, 0.15) is 67.4 Å². The second-order valence-electron chi connectivity index (χ2n) is 11.7. The minimum atomic E-state index is -1.41. The van der Waals surface area contributed by atoms with Crippen LogP contribution in [-0.4, -0.2) is 72.3 Å². The number of imide groups is 1. The molecule has 1 aliphatic rings. The van der Waals surface area contributed by atoms with Crippen molar-refractivity contribution in [1.29, 1.82) is 0 Å². The van der Waals surface area contributed by atoms with Gasteiger partial charge in [0.15, 0.2) is 6.04 Å². The lowest BCUT2D eigenvalue weighted by molar-refractivity contribution is -0.163. The molecule has 1 aliphatic heterocycles. The number of benzene rings is 1. The molecular formula is C30H45NO8. The zero-order valence-corrected chi connectivity index (χ0v) is 24.6. The molecule has 39 heavy (non-hydrogen) atoms. The number of ether oxygens (including phenoxy) is 5. The van der Waals surface area contributed by atoms with Crippen LogP contribution < -0.4 is 0 Å². The third kappa shape index (κ3) is 11.0. The molecule has 1 aromatic rings. The Balaban J connectivity index is 2.39. The van der Waals surface area contributed by atoms with Crippen LogP contribution in [0.2, 0.25) is 0 Å². The van der Waals surface area contributed by atoms with Crippen LogP contribution >= 0.6 is 0 Å². The molecule has 0 bridgehead atoms. The second kappa shape index (κ2) is 14.5. The number of cyclic esters (lactones) is 1. The molecule has 0 saturated carbocycles. The van der Waals surface area contributed by atoms with Crippen molar-refractivity contribution in [3.63, 3.8) is 0 Å². The van der Waals surface area contributed by atoms with E-state index in [9.17, 15) is 14.4 Å². The van der Waals surface area contributed by atoms with Gasteiger partial charge in [0.2, 0.25) is 0 Å². The van der Waals surface area contributed by atoms with Crippen LogP contribution in [0.15, 0.2) is 42.5 Å². The summed E-state index contributed by atoms with van der Waals surface area (Å²) in [5.74, 6) is -0.974. The van der Waals surface area contributed by atoms with Gasteiger partial charge in [-0.3, -0.25) is 0 Å². The predicted octanol–water partition coefficient (Wildman–Crippen LogP) is 5.70. The minimum Gasteiger partial charge on any atom is -0.458 e. The fraction of sp³-hybridized carbons (Fsp3) is 0.633. The number of hydrogen-bond donors (Lipinski definition) is 0. The normalized spacial score (nSPS) is 22.8. The van der Waals surface area contributed by atoms with Crippen LogP contribution in [0, 0.1) is 5.92 Å². The Bertz CT molecular complexity index is 935. The van der Waals surface area contributed by atoms with Gasteiger partial charge in [0.25, 0.3) is 0 Å². The number of carbonyl (C=O) groups excluding carboxylic acids is 3. The van der Waals surface area contributed by atoms with Crippen molar-refractivity contribution in [1.82, 2.24) is 4.90 Å². The summed E-state index contributed by atoms with van der Waals surface area (Å²) in [5, 5.41) is 0. The lowest BCUT2D eigenvalue weighted by Crippen LogP contribution is -2.54. The molecule has 1 saturated heterocycles. The standard InChI is InChI=1S/C30H45NO8/c1-9-10-14-17-36-25-21(2)37-26(32)24(20-35-19-23(25)18-22-15-12-11-13-16-22)31(27(33)38-29(3,4)5)28(34)39-30(6,7)8/h10-16,21,23-25H,9,17-20H2,1-8H3/b14-10+/t21-,23-,24-,25-/m0/s1. The summed E-state index contributed by atoms with van der Waals surface area (Å²) in [5.41, 5.74) is -0.749. The molecular weight excluding hydrogens is 502 g/mol. The Hall–Kier alpha value is -2.91. The van der Waals surface area contributed by atoms with Crippen molar-refractivity contribution < 1.29 is 38.1 Å². The van der Waals surface area contributed by atoms with Crippen molar-refractivity contribution in [3.05, 3.63) is 48.0 Å². The van der Waals surface area contributed by atoms with Gasteiger partial charge in [-0.2, -0.15) is 4.90 Å². The Kier molecular flexibility index (Phi) is 12.0. The molecule has 0 aromatic heterocycles. The van der Waals surface area contributed by atoms with Crippen molar-refractivity contribution >= 4 is 18.2 Å². The molecule has 0 aliphatic carbocycles. The first-order valence-corrected chi connectivity index (χ1v) is 13.6. The highest BCUT2D eigenvalue weighted by atomic mass is 16.6. The quantitative estimate of drug-likeness (QED) is 0.243. The van der Waals surface area contributed by atoms with Gasteiger partial charge < -0.3 is 23.7 Å². The van der Waals surface area contributed by atoms with Gasteiger partial charge in [-0.1, -0.05) is 49.4 Å². The average molecular weight is 548 g/mol. The summed E-state index contributed by atoms with van der Waals surface area (Å²) in [6.07, 6.45) is 2.20. The highest BCUT2D eigenvalue weighted by Crippen LogP contribution is 2.25. The van der Waals surface area contributed by atoms with E-state index in [1.54, 1.807) is 48.5 Å². The largest absolute Gasteiger partial charge is 0.458 e. The molecule has 2 rings (SSSR count). The second-order valence-corrected chi connectivity index (χ2v) is 11.7. The van der Waals surface area contributed by atoms with Crippen molar-refractivity contribution in [2.24, 2.45) is 5.92 Å². The first-order chi connectivity index (χ1) is 18.2. The van der Waals surface area contributed by atoms with Gasteiger partial charge in [-0.05, 0) is 66.9 Å². The molecule has 0 unspecified atom stereocenters. The zero-order chi connectivity index (χ0) is 29.2. The summed E-state index contributed by atoms with van der Waals surface area (Å²) < 4.78 is 29.0. The number of hydrogen-bond acceptors (Lipinski definition) is 8. The van der Waals surface area contributed by atoms with Gasteiger partial charge >= 0.3 is 18.2 Å². The summed E-state index contributed by atoms with van der Waals surface area (Å²) >= 11 is 0. The molecule has 0 radical (unpaired) electrons. The topological polar surface area (TPSA) is 101 Å². The van der Waals surface area contributed by atoms with E-state index >= 15 is 0 Å². The van der Waals surface area contributed by atoms with Crippen LogP contribution in [0.3, 0.4) is 0 Å². The van der Waals surface area contributed by atoms with E-state index in [0.29, 0.717) is 17.9 Å². The summed E-state index contributed by atoms with van der Waals surface area (Å²) in [6, 6.07) is 8.51. The molecule has 2 amide bonds. The first kappa shape index (κ1) is 32.3. The average Bonchev–Trinajstić information content (AvgIpc) is 2.85. The Morgan fingerprint density at radius 2 is 1.56 bits per heavy atom. The first-order valence-electron chi connectivity index (χ1n) is 13.6. The summed E-state index contributed by atoms with van der Waals surface area (Å²) in [4.78, 5) is 40.5. The van der Waals surface area contributed by atoms with Gasteiger partial charge in [-0.15, -0.1) is 0 Å². The number of esters is 1. The smallest absolute Gasteiger partial charge is 0.420 e. The number of rotatable bonds is 7. The van der Waals surface area contributed by atoms with E-state index in [0.717, 1.165) is 12.0 Å². The summed E-state index contributed by atoms with van der Waals surface area (Å²) in [6.45, 7) is 14.1. The highest BCUT2D eigenvalue weighted by Gasteiger charge is 2.44.